The van der Waals surface area contributed by atoms with Crippen LogP contribution in [0.3, 0.4) is 0 Å². The first kappa shape index (κ1) is 14.6. The number of hydrogen-bond donors (Lipinski definition) is 1. The molecule has 0 fully saturated rings. The molecule has 0 aromatic carbocycles. The quantitative estimate of drug-likeness (QED) is 0.883. The van der Waals surface area contributed by atoms with Crippen LogP contribution in [0.15, 0.2) is 5.38 Å². The Bertz CT molecular complexity index is 603. The summed E-state index contributed by atoms with van der Waals surface area (Å²) >= 11 is 1.61. The smallest absolute Gasteiger partial charge is 0.358 e. The monoisotopic (exact) mass is 294 g/mol. The van der Waals surface area contributed by atoms with E-state index in [2.05, 4.69) is 22.2 Å². The molecule has 2 aromatic rings. The maximum atomic E-state index is 11.2. The van der Waals surface area contributed by atoms with Crippen molar-refractivity contribution in [2.75, 3.05) is 0 Å². The number of carbonyl (C=O) groups is 1. The van der Waals surface area contributed by atoms with Crippen LogP contribution in [-0.2, 0) is 19.4 Å². The van der Waals surface area contributed by atoms with Gasteiger partial charge in [-0.25, -0.2) is 14.5 Å². The van der Waals surface area contributed by atoms with Crippen LogP contribution in [-0.4, -0.2) is 31.1 Å². The number of thiazole rings is 1. The number of hydrogen-bond acceptors (Lipinski definition) is 5. The van der Waals surface area contributed by atoms with E-state index in [0.717, 1.165) is 17.1 Å². The molecule has 20 heavy (non-hydrogen) atoms. The van der Waals surface area contributed by atoms with Crippen LogP contribution in [0.4, 0.5) is 0 Å². The van der Waals surface area contributed by atoms with Crippen molar-refractivity contribution in [2.45, 2.75) is 40.2 Å². The third-order valence-corrected chi connectivity index (χ3v) is 3.90. The van der Waals surface area contributed by atoms with Gasteiger partial charge in [0.1, 0.15) is 0 Å². The lowest BCUT2D eigenvalue weighted by Crippen LogP contribution is -2.12. The van der Waals surface area contributed by atoms with Gasteiger partial charge in [-0.15, -0.1) is 16.4 Å². The second-order valence-electron chi connectivity index (χ2n) is 5.03. The van der Waals surface area contributed by atoms with Crippen molar-refractivity contribution in [3.8, 4) is 0 Å². The van der Waals surface area contributed by atoms with Gasteiger partial charge in [-0.3, -0.25) is 0 Å². The number of aromatic carboxylic acids is 1. The summed E-state index contributed by atoms with van der Waals surface area (Å²) in [5.74, 6) is -0.689. The highest BCUT2D eigenvalue weighted by molar-refractivity contribution is 7.09. The molecule has 0 spiro atoms. The zero-order valence-corrected chi connectivity index (χ0v) is 12.6. The van der Waals surface area contributed by atoms with E-state index in [1.807, 2.05) is 19.2 Å². The fraction of sp³-hybridized carbons (Fsp3) is 0.538. The Morgan fingerprint density at radius 1 is 1.50 bits per heavy atom. The van der Waals surface area contributed by atoms with Gasteiger partial charge in [-0.05, 0) is 18.8 Å². The molecule has 1 N–H and O–H groups in total. The Morgan fingerprint density at radius 2 is 2.25 bits per heavy atom. The summed E-state index contributed by atoms with van der Waals surface area (Å²) in [6.07, 6.45) is 1.54. The lowest BCUT2D eigenvalue weighted by Gasteiger charge is -2.08. The van der Waals surface area contributed by atoms with Crippen molar-refractivity contribution in [1.82, 2.24) is 20.0 Å². The number of aryl methyl sites for hydroxylation is 1. The van der Waals surface area contributed by atoms with Gasteiger partial charge >= 0.3 is 5.97 Å². The van der Waals surface area contributed by atoms with Gasteiger partial charge in [0, 0.05) is 5.38 Å². The minimum atomic E-state index is -1.03. The largest absolute Gasteiger partial charge is 0.476 e. The highest BCUT2D eigenvalue weighted by Gasteiger charge is 2.20. The van der Waals surface area contributed by atoms with E-state index in [0.29, 0.717) is 24.6 Å². The molecule has 0 amide bonds. The molecule has 2 aromatic heterocycles. The minimum Gasteiger partial charge on any atom is -0.476 e. The normalized spacial score (nSPS) is 11.2. The van der Waals surface area contributed by atoms with E-state index in [9.17, 15) is 9.90 Å². The molecule has 0 aliphatic heterocycles. The topological polar surface area (TPSA) is 80.9 Å². The Hall–Kier alpha value is -1.76. The van der Waals surface area contributed by atoms with E-state index in [1.54, 1.807) is 16.0 Å². The molecule has 0 saturated carbocycles. The fourth-order valence-electron chi connectivity index (χ4n) is 1.95. The van der Waals surface area contributed by atoms with Gasteiger partial charge in [0.15, 0.2) is 5.69 Å². The summed E-state index contributed by atoms with van der Waals surface area (Å²) in [5, 5.41) is 20.0. The summed E-state index contributed by atoms with van der Waals surface area (Å²) in [6, 6.07) is 0. The van der Waals surface area contributed by atoms with Crippen molar-refractivity contribution in [3.63, 3.8) is 0 Å². The highest BCUT2D eigenvalue weighted by atomic mass is 32.1. The summed E-state index contributed by atoms with van der Waals surface area (Å²) in [4.78, 5) is 15.7. The molecule has 108 valence electrons. The molecule has 0 saturated heterocycles. The molecule has 0 unspecified atom stereocenters. The summed E-state index contributed by atoms with van der Waals surface area (Å²) in [5.41, 5.74) is 1.61. The molecule has 2 heterocycles. The van der Waals surface area contributed by atoms with Gasteiger partial charge in [-0.1, -0.05) is 26.0 Å². The van der Waals surface area contributed by atoms with Crippen LogP contribution < -0.4 is 0 Å². The van der Waals surface area contributed by atoms with E-state index in [4.69, 9.17) is 0 Å². The summed E-state index contributed by atoms with van der Waals surface area (Å²) < 4.78 is 1.65. The maximum absolute atomic E-state index is 11.2. The minimum absolute atomic E-state index is 0.0460. The number of aromatic nitrogens is 4. The van der Waals surface area contributed by atoms with E-state index >= 15 is 0 Å². The van der Waals surface area contributed by atoms with Crippen molar-refractivity contribution < 1.29 is 9.90 Å². The molecular formula is C13H18N4O2S. The van der Waals surface area contributed by atoms with Gasteiger partial charge < -0.3 is 5.11 Å². The average molecular weight is 294 g/mol. The summed E-state index contributed by atoms with van der Waals surface area (Å²) in [6.45, 7) is 6.62. The number of carboxylic acids is 1. The molecule has 0 bridgehead atoms. The molecule has 6 nitrogen and oxygen atoms in total. The average Bonchev–Trinajstić information content (AvgIpc) is 2.97. The van der Waals surface area contributed by atoms with Crippen molar-refractivity contribution in [1.29, 1.82) is 0 Å². The number of nitrogens with zero attached hydrogens (tertiary/aromatic N) is 4. The van der Waals surface area contributed by atoms with Gasteiger partial charge in [0.2, 0.25) is 0 Å². The third kappa shape index (κ3) is 3.22. The first-order valence-corrected chi connectivity index (χ1v) is 7.48. The summed E-state index contributed by atoms with van der Waals surface area (Å²) in [7, 11) is 0. The molecule has 0 radical (unpaired) electrons. The Morgan fingerprint density at radius 3 is 2.80 bits per heavy atom. The van der Waals surface area contributed by atoms with Gasteiger partial charge in [-0.2, -0.15) is 0 Å². The van der Waals surface area contributed by atoms with Crippen molar-refractivity contribution in [3.05, 3.63) is 27.5 Å². The van der Waals surface area contributed by atoms with Crippen LogP contribution in [0.25, 0.3) is 0 Å². The fourth-order valence-corrected chi connectivity index (χ4v) is 2.69. The number of carboxylic acid groups (broad SMARTS) is 1. The van der Waals surface area contributed by atoms with E-state index < -0.39 is 5.97 Å². The molecule has 7 heteroatoms. The zero-order chi connectivity index (χ0) is 14.7. The van der Waals surface area contributed by atoms with Crippen LogP contribution in [0, 0.1) is 5.92 Å². The first-order valence-electron chi connectivity index (χ1n) is 6.60. The van der Waals surface area contributed by atoms with Crippen LogP contribution in [0.2, 0.25) is 0 Å². The second-order valence-corrected chi connectivity index (χ2v) is 5.97. The first-order chi connectivity index (χ1) is 9.51. The predicted octanol–water partition coefficient (Wildman–Crippen LogP) is 2.24. The molecule has 0 atom stereocenters. The lowest BCUT2D eigenvalue weighted by molar-refractivity contribution is 0.0689. The Kier molecular flexibility index (Phi) is 4.49. The van der Waals surface area contributed by atoms with E-state index in [-0.39, 0.29) is 5.69 Å². The highest BCUT2D eigenvalue weighted by Crippen LogP contribution is 2.16. The number of rotatable bonds is 6. The molecular weight excluding hydrogens is 276 g/mol. The SMILES string of the molecule is CCc1nc(Cn2nnc(C(=O)O)c2CC(C)C)cs1. The van der Waals surface area contributed by atoms with Crippen LogP contribution in [0.5, 0.6) is 0 Å². The van der Waals surface area contributed by atoms with E-state index in [1.165, 1.54) is 0 Å². The van der Waals surface area contributed by atoms with Crippen molar-refractivity contribution in [2.24, 2.45) is 5.92 Å². The van der Waals surface area contributed by atoms with Gasteiger partial charge in [0.25, 0.3) is 0 Å². The van der Waals surface area contributed by atoms with Crippen molar-refractivity contribution >= 4 is 17.3 Å². The molecule has 2 rings (SSSR count). The molecule has 0 aliphatic carbocycles. The molecule has 0 aliphatic rings. The second kappa shape index (κ2) is 6.13. The Balaban J connectivity index is 2.28. The predicted molar refractivity (Wildman–Crippen MR) is 76.1 cm³/mol. The van der Waals surface area contributed by atoms with Crippen LogP contribution in [0.1, 0.15) is 47.7 Å². The lowest BCUT2D eigenvalue weighted by atomic mass is 10.1. The Labute approximate surface area is 121 Å². The third-order valence-electron chi connectivity index (χ3n) is 2.86. The van der Waals surface area contributed by atoms with Gasteiger partial charge in [0.05, 0.1) is 22.9 Å². The zero-order valence-electron chi connectivity index (χ0n) is 11.8. The maximum Gasteiger partial charge on any atom is 0.358 e. The standard InChI is InChI=1S/C13H18N4O2S/c1-4-11-14-9(7-20-11)6-17-10(5-8(2)3)12(13(18)19)15-16-17/h7-8H,4-6H2,1-3H3,(H,18,19). The van der Waals surface area contributed by atoms with Crippen LogP contribution >= 0.6 is 11.3 Å².